The lowest BCUT2D eigenvalue weighted by Gasteiger charge is -2.23. The first-order valence-corrected chi connectivity index (χ1v) is 9.07. The van der Waals surface area contributed by atoms with Crippen LogP contribution in [-0.4, -0.2) is 10.5 Å². The zero-order valence-electron chi connectivity index (χ0n) is 14.6. The molecular formula is C20H15Cl2NO4. The highest BCUT2D eigenvalue weighted by molar-refractivity contribution is 6.36. The number of halogens is 2. The third-order valence-corrected chi connectivity index (χ3v) is 5.33. The number of hydrogen-bond acceptors (Lipinski definition) is 4. The van der Waals surface area contributed by atoms with E-state index in [0.717, 1.165) is 0 Å². The molecule has 1 aliphatic rings. The van der Waals surface area contributed by atoms with Gasteiger partial charge in [-0.15, -0.1) is 0 Å². The van der Waals surface area contributed by atoms with Crippen LogP contribution in [-0.2, 0) is 11.8 Å². The summed E-state index contributed by atoms with van der Waals surface area (Å²) in [5.74, 6) is 0.424. The van der Waals surface area contributed by atoms with Crippen LogP contribution in [0.15, 0.2) is 45.6 Å². The van der Waals surface area contributed by atoms with Gasteiger partial charge in [-0.25, -0.2) is 0 Å². The number of aryl methyl sites for hydroxylation is 1. The molecule has 1 aliphatic heterocycles. The maximum absolute atomic E-state index is 12.8. The van der Waals surface area contributed by atoms with Crippen LogP contribution in [0.25, 0.3) is 11.3 Å². The summed E-state index contributed by atoms with van der Waals surface area (Å²) >= 11 is 12.2. The van der Waals surface area contributed by atoms with Crippen molar-refractivity contribution in [1.82, 2.24) is 4.57 Å². The van der Waals surface area contributed by atoms with E-state index in [4.69, 9.17) is 32.4 Å². The number of carbonyl (C=O) groups is 1. The van der Waals surface area contributed by atoms with Crippen LogP contribution >= 0.6 is 23.2 Å². The van der Waals surface area contributed by atoms with Gasteiger partial charge >= 0.3 is 5.97 Å². The minimum atomic E-state index is -0.514. The quantitative estimate of drug-likeness (QED) is 0.581. The molecule has 1 unspecified atom stereocenters. The molecule has 1 aromatic carbocycles. The highest BCUT2D eigenvalue weighted by Gasteiger charge is 2.34. The molecular weight excluding hydrogens is 389 g/mol. The number of hydrogen-bond donors (Lipinski definition) is 0. The summed E-state index contributed by atoms with van der Waals surface area (Å²) in [4.78, 5) is 24.9. The highest BCUT2D eigenvalue weighted by atomic mass is 35.5. The molecule has 0 radical (unpaired) electrons. The van der Waals surface area contributed by atoms with E-state index in [1.807, 2.05) is 0 Å². The van der Waals surface area contributed by atoms with Crippen LogP contribution in [0.4, 0.5) is 0 Å². The van der Waals surface area contributed by atoms with E-state index in [0.29, 0.717) is 44.1 Å². The van der Waals surface area contributed by atoms with E-state index >= 15 is 0 Å². The molecule has 2 aromatic heterocycles. The molecule has 0 spiro atoms. The van der Waals surface area contributed by atoms with Gasteiger partial charge in [0.2, 0.25) is 0 Å². The van der Waals surface area contributed by atoms with Crippen LogP contribution in [0.3, 0.4) is 0 Å². The van der Waals surface area contributed by atoms with Gasteiger partial charge in [0.25, 0.3) is 5.56 Å². The Morgan fingerprint density at radius 2 is 1.89 bits per heavy atom. The Kier molecular flexibility index (Phi) is 4.36. The molecule has 0 saturated carbocycles. The molecule has 0 amide bonds. The summed E-state index contributed by atoms with van der Waals surface area (Å²) in [5, 5.41) is 0.983. The van der Waals surface area contributed by atoms with Crippen molar-refractivity contribution in [3.63, 3.8) is 0 Å². The molecule has 4 rings (SSSR count). The van der Waals surface area contributed by atoms with Crippen molar-refractivity contribution in [1.29, 1.82) is 0 Å². The number of aromatic nitrogens is 1. The van der Waals surface area contributed by atoms with Gasteiger partial charge in [0, 0.05) is 29.4 Å². The molecule has 3 aromatic rings. The van der Waals surface area contributed by atoms with Crippen LogP contribution in [0.2, 0.25) is 10.0 Å². The van der Waals surface area contributed by atoms with E-state index in [2.05, 4.69) is 0 Å². The Balaban J connectivity index is 1.82. The van der Waals surface area contributed by atoms with E-state index < -0.39 is 11.9 Å². The molecule has 27 heavy (non-hydrogen) atoms. The average molecular weight is 404 g/mol. The van der Waals surface area contributed by atoms with Crippen molar-refractivity contribution >= 4 is 29.2 Å². The summed E-state index contributed by atoms with van der Waals surface area (Å²) in [7, 11) is 1.69. The fourth-order valence-corrected chi connectivity index (χ4v) is 3.77. The van der Waals surface area contributed by atoms with Gasteiger partial charge in [0.15, 0.2) is 0 Å². The SMILES string of the molecule is Cc1cc2c(c(=O)n1C)C(c1ccc(-c3ccc(Cl)cc3Cl)o1)CC(=O)O2. The zero-order valence-corrected chi connectivity index (χ0v) is 16.1. The third-order valence-electron chi connectivity index (χ3n) is 4.78. The Bertz CT molecular complexity index is 1130. The standard InChI is InChI=1S/C20H15Cl2NO4/c1-10-7-17-19(20(25)23(10)2)13(9-18(24)27-17)16-6-5-15(26-16)12-4-3-11(21)8-14(12)22/h3-8,13H,9H2,1-2H3. The summed E-state index contributed by atoms with van der Waals surface area (Å²) in [6.07, 6.45) is 0.0343. The van der Waals surface area contributed by atoms with Crippen molar-refractivity contribution < 1.29 is 13.9 Å². The number of fused-ring (bicyclic) bond motifs is 1. The van der Waals surface area contributed by atoms with Crippen LogP contribution in [0.1, 0.15) is 29.4 Å². The second-order valence-electron chi connectivity index (χ2n) is 6.48. The normalized spacial score (nSPS) is 16.1. The second kappa shape index (κ2) is 6.59. The average Bonchev–Trinajstić information content (AvgIpc) is 3.08. The van der Waals surface area contributed by atoms with Crippen molar-refractivity contribution in [3.8, 4) is 17.1 Å². The van der Waals surface area contributed by atoms with E-state index in [-0.39, 0.29) is 12.0 Å². The van der Waals surface area contributed by atoms with Crippen LogP contribution < -0.4 is 10.3 Å². The number of benzene rings is 1. The Morgan fingerprint density at radius 3 is 2.63 bits per heavy atom. The topological polar surface area (TPSA) is 61.4 Å². The third kappa shape index (κ3) is 3.07. The molecule has 0 fully saturated rings. The first-order chi connectivity index (χ1) is 12.8. The molecule has 3 heterocycles. The number of carbonyl (C=O) groups excluding carboxylic acids is 1. The minimum absolute atomic E-state index is 0.0343. The minimum Gasteiger partial charge on any atom is -0.460 e. The summed E-state index contributed by atoms with van der Waals surface area (Å²) in [6.45, 7) is 1.78. The number of esters is 1. The number of furan rings is 1. The van der Waals surface area contributed by atoms with Crippen molar-refractivity contribution in [3.05, 3.63) is 73.8 Å². The van der Waals surface area contributed by atoms with Crippen molar-refractivity contribution in [2.24, 2.45) is 7.05 Å². The van der Waals surface area contributed by atoms with E-state index in [1.165, 1.54) is 4.57 Å². The van der Waals surface area contributed by atoms with Crippen LogP contribution in [0.5, 0.6) is 5.75 Å². The molecule has 0 bridgehead atoms. The number of rotatable bonds is 2. The van der Waals surface area contributed by atoms with E-state index in [9.17, 15) is 9.59 Å². The maximum Gasteiger partial charge on any atom is 0.312 e. The highest BCUT2D eigenvalue weighted by Crippen LogP contribution is 2.40. The van der Waals surface area contributed by atoms with Crippen molar-refractivity contribution in [2.45, 2.75) is 19.3 Å². The summed E-state index contributed by atoms with van der Waals surface area (Å²) < 4.78 is 12.8. The number of pyridine rings is 1. The molecule has 7 heteroatoms. The first kappa shape index (κ1) is 17.9. The monoisotopic (exact) mass is 403 g/mol. The summed E-state index contributed by atoms with van der Waals surface area (Å²) in [5.41, 5.74) is 1.61. The fourth-order valence-electron chi connectivity index (χ4n) is 3.27. The maximum atomic E-state index is 12.8. The molecule has 1 atom stereocenters. The number of nitrogens with zero attached hydrogens (tertiary/aromatic N) is 1. The van der Waals surface area contributed by atoms with Gasteiger partial charge in [0.1, 0.15) is 17.3 Å². The lowest BCUT2D eigenvalue weighted by atomic mass is 9.91. The van der Waals surface area contributed by atoms with Gasteiger partial charge in [-0.3, -0.25) is 9.59 Å². The van der Waals surface area contributed by atoms with Gasteiger partial charge in [0.05, 0.1) is 22.9 Å². The predicted octanol–water partition coefficient (Wildman–Crippen LogP) is 4.70. The van der Waals surface area contributed by atoms with Gasteiger partial charge in [-0.1, -0.05) is 23.2 Å². The largest absolute Gasteiger partial charge is 0.460 e. The molecule has 0 aliphatic carbocycles. The fraction of sp³-hybridized carbons (Fsp3) is 0.200. The smallest absolute Gasteiger partial charge is 0.312 e. The Labute approximate surface area is 165 Å². The summed E-state index contributed by atoms with van der Waals surface area (Å²) in [6, 6.07) is 10.3. The lowest BCUT2D eigenvalue weighted by Crippen LogP contribution is -2.31. The molecule has 0 saturated heterocycles. The molecule has 5 nitrogen and oxygen atoms in total. The first-order valence-electron chi connectivity index (χ1n) is 8.31. The molecule has 138 valence electrons. The Morgan fingerprint density at radius 1 is 1.11 bits per heavy atom. The van der Waals surface area contributed by atoms with Gasteiger partial charge in [-0.05, 0) is 37.3 Å². The van der Waals surface area contributed by atoms with Crippen LogP contribution in [0, 0.1) is 6.92 Å². The molecule has 0 N–H and O–H groups in total. The second-order valence-corrected chi connectivity index (χ2v) is 7.33. The van der Waals surface area contributed by atoms with Gasteiger partial charge in [-0.2, -0.15) is 0 Å². The van der Waals surface area contributed by atoms with Crippen molar-refractivity contribution in [2.75, 3.05) is 0 Å². The Hall–Kier alpha value is -2.50. The predicted molar refractivity (Wildman–Crippen MR) is 103 cm³/mol. The van der Waals surface area contributed by atoms with Gasteiger partial charge < -0.3 is 13.7 Å². The number of ether oxygens (including phenoxy) is 1. The zero-order chi connectivity index (χ0) is 19.3. The lowest BCUT2D eigenvalue weighted by molar-refractivity contribution is -0.135. The van der Waals surface area contributed by atoms with E-state index in [1.54, 1.807) is 50.4 Å².